The highest BCUT2D eigenvalue weighted by Gasteiger charge is 2.02. The predicted molar refractivity (Wildman–Crippen MR) is 41.6 cm³/mol. The molecule has 0 saturated heterocycles. The fourth-order valence-corrected chi connectivity index (χ4v) is 0.881. The van der Waals surface area contributed by atoms with Crippen LogP contribution in [0.5, 0.6) is 0 Å². The molecule has 0 atom stereocenters. The first kappa shape index (κ1) is 11.3. The summed E-state index contributed by atoms with van der Waals surface area (Å²) in [6.07, 6.45) is 0.778. The first-order valence-corrected chi connectivity index (χ1v) is 4.64. The molecule has 12 heavy (non-hydrogen) atoms. The summed E-state index contributed by atoms with van der Waals surface area (Å²) in [6, 6.07) is 0. The number of allylic oxidation sites excluding steroid dienone is 1. The van der Waals surface area contributed by atoms with Crippen LogP contribution in [0.2, 0.25) is 0 Å². The molecule has 6 heteroatoms. The topological polar surface area (TPSA) is 80.7 Å². The van der Waals surface area contributed by atoms with Gasteiger partial charge in [-0.15, -0.1) is 0 Å². The SMILES string of the molecule is CC(=C=O)CCCOS(=O)(=O)O. The highest BCUT2D eigenvalue weighted by Crippen LogP contribution is 2.00. The molecule has 0 saturated carbocycles. The summed E-state index contributed by atoms with van der Waals surface area (Å²) in [6.45, 7) is 1.46. The third-order valence-corrected chi connectivity index (χ3v) is 1.57. The lowest BCUT2D eigenvalue weighted by molar-refractivity contribution is 0.265. The molecule has 0 heterocycles. The molecular formula is C6H10O5S. The normalized spacial score (nSPS) is 10.8. The van der Waals surface area contributed by atoms with Gasteiger partial charge in [-0.2, -0.15) is 8.42 Å². The molecule has 0 aliphatic rings. The molecule has 0 aromatic heterocycles. The molecule has 0 aliphatic heterocycles. The zero-order chi connectivity index (χ0) is 9.61. The monoisotopic (exact) mass is 194 g/mol. The van der Waals surface area contributed by atoms with Crippen LogP contribution >= 0.6 is 0 Å². The van der Waals surface area contributed by atoms with Crippen LogP contribution in [0.4, 0.5) is 0 Å². The van der Waals surface area contributed by atoms with Gasteiger partial charge in [0.2, 0.25) is 0 Å². The Morgan fingerprint density at radius 2 is 2.17 bits per heavy atom. The molecular weight excluding hydrogens is 184 g/mol. The lowest BCUT2D eigenvalue weighted by atomic mass is 10.2. The molecule has 5 nitrogen and oxygen atoms in total. The summed E-state index contributed by atoms with van der Waals surface area (Å²) >= 11 is 0. The summed E-state index contributed by atoms with van der Waals surface area (Å²) < 4.78 is 32.1. The van der Waals surface area contributed by atoms with Crippen molar-refractivity contribution >= 4 is 16.3 Å². The molecule has 0 aromatic rings. The molecule has 0 radical (unpaired) electrons. The van der Waals surface area contributed by atoms with E-state index in [-0.39, 0.29) is 6.61 Å². The smallest absolute Gasteiger partial charge is 0.264 e. The van der Waals surface area contributed by atoms with Crippen LogP contribution in [-0.4, -0.2) is 25.5 Å². The molecule has 0 amide bonds. The van der Waals surface area contributed by atoms with Gasteiger partial charge in [-0.3, -0.25) is 4.55 Å². The van der Waals surface area contributed by atoms with Gasteiger partial charge < -0.3 is 0 Å². The van der Waals surface area contributed by atoms with Crippen molar-refractivity contribution < 1.29 is 21.9 Å². The first-order valence-electron chi connectivity index (χ1n) is 3.28. The number of carbonyl (C=O) groups excluding carboxylic acids is 1. The van der Waals surface area contributed by atoms with Crippen LogP contribution in [0.25, 0.3) is 0 Å². The van der Waals surface area contributed by atoms with Crippen molar-refractivity contribution in [2.75, 3.05) is 6.61 Å². The van der Waals surface area contributed by atoms with Gasteiger partial charge in [0.15, 0.2) is 0 Å². The maximum absolute atomic E-state index is 9.99. The Morgan fingerprint density at radius 1 is 1.58 bits per heavy atom. The fraction of sp³-hybridized carbons (Fsp3) is 0.667. The second-order valence-corrected chi connectivity index (χ2v) is 3.33. The maximum atomic E-state index is 9.99. The summed E-state index contributed by atoms with van der Waals surface area (Å²) in [5.41, 5.74) is 0.494. The van der Waals surface area contributed by atoms with Crippen LogP contribution in [-0.2, 0) is 19.4 Å². The average molecular weight is 194 g/mol. The van der Waals surface area contributed by atoms with E-state index in [4.69, 9.17) is 4.55 Å². The van der Waals surface area contributed by atoms with Gasteiger partial charge in [-0.1, -0.05) is 0 Å². The number of hydrogen-bond acceptors (Lipinski definition) is 4. The minimum absolute atomic E-state index is 0.127. The van der Waals surface area contributed by atoms with Crippen LogP contribution in [0.15, 0.2) is 5.57 Å². The van der Waals surface area contributed by atoms with Crippen LogP contribution in [0.3, 0.4) is 0 Å². The first-order chi connectivity index (χ1) is 5.45. The Labute approximate surface area is 71.0 Å². The third kappa shape index (κ3) is 7.43. The van der Waals surface area contributed by atoms with E-state index in [1.165, 1.54) is 0 Å². The van der Waals surface area contributed by atoms with Gasteiger partial charge in [0.05, 0.1) is 6.61 Å². The van der Waals surface area contributed by atoms with Gasteiger partial charge >= 0.3 is 10.4 Å². The molecule has 0 aromatic carbocycles. The van der Waals surface area contributed by atoms with Crippen molar-refractivity contribution in [3.8, 4) is 0 Å². The second-order valence-electron chi connectivity index (χ2n) is 2.24. The lowest BCUT2D eigenvalue weighted by Gasteiger charge is -1.97. The van der Waals surface area contributed by atoms with Crippen molar-refractivity contribution in [2.45, 2.75) is 19.8 Å². The Bertz CT molecular complexity index is 272. The van der Waals surface area contributed by atoms with Crippen LogP contribution < -0.4 is 0 Å². The molecule has 0 spiro atoms. The van der Waals surface area contributed by atoms with E-state index in [2.05, 4.69) is 4.18 Å². The standard InChI is InChI=1S/C6H10O5S/c1-6(5-7)3-2-4-11-12(8,9)10/h2-4H2,1H3,(H,8,9,10). The molecule has 0 aliphatic carbocycles. The van der Waals surface area contributed by atoms with Crippen molar-refractivity contribution in [3.63, 3.8) is 0 Å². The summed E-state index contributed by atoms with van der Waals surface area (Å²) in [7, 11) is -4.34. The van der Waals surface area contributed by atoms with E-state index < -0.39 is 10.4 Å². The number of rotatable bonds is 5. The second kappa shape index (κ2) is 5.05. The van der Waals surface area contributed by atoms with Crippen molar-refractivity contribution in [3.05, 3.63) is 5.57 Å². The van der Waals surface area contributed by atoms with E-state index in [0.29, 0.717) is 18.4 Å². The fourth-order valence-electron chi connectivity index (χ4n) is 0.553. The third-order valence-electron chi connectivity index (χ3n) is 1.10. The molecule has 0 rings (SSSR count). The Morgan fingerprint density at radius 3 is 2.58 bits per heavy atom. The summed E-state index contributed by atoms with van der Waals surface area (Å²) in [4.78, 5) is 9.93. The molecule has 0 bridgehead atoms. The van der Waals surface area contributed by atoms with Gasteiger partial charge in [0.25, 0.3) is 0 Å². The summed E-state index contributed by atoms with van der Waals surface area (Å²) in [5.74, 6) is 1.66. The molecule has 0 fully saturated rings. The zero-order valence-corrected chi connectivity index (χ0v) is 7.43. The Hall–Kier alpha value is -0.680. The number of hydrogen-bond donors (Lipinski definition) is 1. The van der Waals surface area contributed by atoms with Crippen molar-refractivity contribution in [2.24, 2.45) is 0 Å². The van der Waals surface area contributed by atoms with E-state index >= 15 is 0 Å². The van der Waals surface area contributed by atoms with Gasteiger partial charge in [-0.05, 0) is 19.8 Å². The largest absolute Gasteiger partial charge is 0.397 e. The highest BCUT2D eigenvalue weighted by molar-refractivity contribution is 7.80. The Kier molecular flexibility index (Phi) is 4.77. The molecule has 70 valence electrons. The van der Waals surface area contributed by atoms with E-state index in [9.17, 15) is 13.2 Å². The lowest BCUT2D eigenvalue weighted by Crippen LogP contribution is -2.04. The highest BCUT2D eigenvalue weighted by atomic mass is 32.3. The van der Waals surface area contributed by atoms with Crippen molar-refractivity contribution in [1.82, 2.24) is 0 Å². The van der Waals surface area contributed by atoms with E-state index in [1.807, 2.05) is 0 Å². The van der Waals surface area contributed by atoms with Gasteiger partial charge in [-0.25, -0.2) is 8.98 Å². The average Bonchev–Trinajstić information content (AvgIpc) is 1.96. The molecule has 1 N–H and O–H groups in total. The Balaban J connectivity index is 3.54. The van der Waals surface area contributed by atoms with Crippen molar-refractivity contribution in [1.29, 1.82) is 0 Å². The predicted octanol–water partition coefficient (Wildman–Crippen LogP) is 0.364. The van der Waals surface area contributed by atoms with E-state index in [1.54, 1.807) is 12.9 Å². The quantitative estimate of drug-likeness (QED) is 0.388. The molecule has 0 unspecified atom stereocenters. The minimum Gasteiger partial charge on any atom is -0.264 e. The minimum atomic E-state index is -4.34. The zero-order valence-electron chi connectivity index (χ0n) is 6.61. The van der Waals surface area contributed by atoms with Crippen LogP contribution in [0.1, 0.15) is 19.8 Å². The maximum Gasteiger partial charge on any atom is 0.397 e. The summed E-state index contributed by atoms with van der Waals surface area (Å²) in [5, 5.41) is 0. The van der Waals surface area contributed by atoms with E-state index in [0.717, 1.165) is 0 Å². The van der Waals surface area contributed by atoms with Crippen LogP contribution in [0, 0.1) is 0 Å². The van der Waals surface area contributed by atoms with Gasteiger partial charge in [0.1, 0.15) is 5.94 Å². The van der Waals surface area contributed by atoms with Gasteiger partial charge in [0, 0.05) is 5.57 Å².